The highest BCUT2D eigenvalue weighted by molar-refractivity contribution is 7.19. The molecule has 0 aliphatic heterocycles. The lowest BCUT2D eigenvalue weighted by molar-refractivity contribution is 0.916. The fraction of sp³-hybridized carbons (Fsp3) is 0.250. The standard InChI is InChI=1S/C16H14N6S2/c1-3-9-10(4-1)24-16-13(9)15(18-8-19-16)17-7-12-20-14(22-21-12)11-5-2-6-23-11/h2,5-6,8H,1,3-4,7H2,(H,17,18,19)(H,20,21,22). The Balaban J connectivity index is 1.42. The summed E-state index contributed by atoms with van der Waals surface area (Å²) in [7, 11) is 0. The molecule has 1 aliphatic rings. The molecule has 0 bridgehead atoms. The van der Waals surface area contributed by atoms with Gasteiger partial charge in [0.15, 0.2) is 5.82 Å². The number of aromatic amines is 1. The number of nitrogens with one attached hydrogen (secondary N) is 2. The first-order valence-corrected chi connectivity index (χ1v) is 9.52. The SMILES string of the molecule is c1csc(-c2n[nH]c(CNc3ncnc4sc5c(c34)CCC5)n2)c1. The maximum Gasteiger partial charge on any atom is 0.191 e. The van der Waals surface area contributed by atoms with Crippen LogP contribution in [0.4, 0.5) is 5.82 Å². The largest absolute Gasteiger partial charge is 0.362 e. The molecule has 24 heavy (non-hydrogen) atoms. The van der Waals surface area contributed by atoms with Crippen LogP contribution in [0.1, 0.15) is 22.7 Å². The molecular weight excluding hydrogens is 340 g/mol. The summed E-state index contributed by atoms with van der Waals surface area (Å²) in [5.41, 5.74) is 1.43. The van der Waals surface area contributed by atoms with Crippen molar-refractivity contribution in [2.75, 3.05) is 5.32 Å². The average molecular weight is 354 g/mol. The topological polar surface area (TPSA) is 79.4 Å². The zero-order valence-electron chi connectivity index (χ0n) is 12.7. The fourth-order valence-electron chi connectivity index (χ4n) is 3.12. The molecule has 0 saturated heterocycles. The second-order valence-electron chi connectivity index (χ2n) is 5.70. The van der Waals surface area contributed by atoms with E-state index in [-0.39, 0.29) is 0 Å². The summed E-state index contributed by atoms with van der Waals surface area (Å²) in [6, 6.07) is 4.02. The molecule has 0 fully saturated rings. The van der Waals surface area contributed by atoms with Crippen LogP contribution in [-0.4, -0.2) is 25.1 Å². The Morgan fingerprint density at radius 3 is 3.17 bits per heavy atom. The summed E-state index contributed by atoms with van der Waals surface area (Å²) < 4.78 is 0. The van der Waals surface area contributed by atoms with Crippen LogP contribution in [0, 0.1) is 0 Å². The molecule has 0 aromatic carbocycles. The molecule has 8 heteroatoms. The molecule has 0 amide bonds. The summed E-state index contributed by atoms with van der Waals surface area (Å²) in [6.45, 7) is 0.565. The van der Waals surface area contributed by atoms with Gasteiger partial charge >= 0.3 is 0 Å². The quantitative estimate of drug-likeness (QED) is 0.585. The van der Waals surface area contributed by atoms with Crippen molar-refractivity contribution in [1.82, 2.24) is 25.1 Å². The minimum absolute atomic E-state index is 0.565. The maximum atomic E-state index is 4.55. The smallest absolute Gasteiger partial charge is 0.191 e. The number of hydrogen-bond acceptors (Lipinski definition) is 7. The first kappa shape index (κ1) is 14.1. The van der Waals surface area contributed by atoms with Crippen LogP contribution < -0.4 is 5.32 Å². The Hall–Kier alpha value is -2.32. The van der Waals surface area contributed by atoms with Crippen LogP contribution >= 0.6 is 22.7 Å². The molecule has 4 aromatic heterocycles. The van der Waals surface area contributed by atoms with E-state index in [1.54, 1.807) is 29.0 Å². The van der Waals surface area contributed by atoms with E-state index < -0.39 is 0 Å². The van der Waals surface area contributed by atoms with Crippen LogP contribution in [0.25, 0.3) is 20.9 Å². The first-order chi connectivity index (χ1) is 11.9. The van der Waals surface area contributed by atoms with Crippen LogP contribution in [-0.2, 0) is 19.4 Å². The van der Waals surface area contributed by atoms with Crippen molar-refractivity contribution in [2.24, 2.45) is 0 Å². The van der Waals surface area contributed by atoms with E-state index in [0.29, 0.717) is 6.54 Å². The minimum Gasteiger partial charge on any atom is -0.362 e. The second kappa shape index (κ2) is 5.64. The van der Waals surface area contributed by atoms with Crippen LogP contribution in [0.5, 0.6) is 0 Å². The van der Waals surface area contributed by atoms with Crippen molar-refractivity contribution in [3.63, 3.8) is 0 Å². The molecule has 1 aliphatic carbocycles. The van der Waals surface area contributed by atoms with E-state index in [1.165, 1.54) is 28.7 Å². The predicted octanol–water partition coefficient (Wildman–Crippen LogP) is 3.64. The summed E-state index contributed by atoms with van der Waals surface area (Å²) in [4.78, 5) is 17.0. The Kier molecular flexibility index (Phi) is 3.30. The second-order valence-corrected chi connectivity index (χ2v) is 7.73. The number of H-pyrrole nitrogens is 1. The summed E-state index contributed by atoms with van der Waals surface area (Å²) >= 11 is 3.43. The number of nitrogens with zero attached hydrogens (tertiary/aromatic N) is 4. The van der Waals surface area contributed by atoms with E-state index in [4.69, 9.17) is 0 Å². The van der Waals surface area contributed by atoms with Crippen molar-refractivity contribution in [3.8, 4) is 10.7 Å². The number of hydrogen-bond donors (Lipinski definition) is 2. The van der Waals surface area contributed by atoms with Gasteiger partial charge in [0.25, 0.3) is 0 Å². The van der Waals surface area contributed by atoms with Crippen molar-refractivity contribution < 1.29 is 0 Å². The van der Waals surface area contributed by atoms with Gasteiger partial charge in [-0.15, -0.1) is 22.7 Å². The summed E-state index contributed by atoms with van der Waals surface area (Å²) in [5.74, 6) is 2.44. The van der Waals surface area contributed by atoms with E-state index in [1.807, 2.05) is 17.5 Å². The van der Waals surface area contributed by atoms with Crippen molar-refractivity contribution in [2.45, 2.75) is 25.8 Å². The van der Waals surface area contributed by atoms with Gasteiger partial charge in [0, 0.05) is 4.88 Å². The molecular formula is C16H14N6S2. The minimum atomic E-state index is 0.565. The van der Waals surface area contributed by atoms with Gasteiger partial charge in [0.2, 0.25) is 0 Å². The van der Waals surface area contributed by atoms with Gasteiger partial charge in [-0.1, -0.05) is 6.07 Å². The number of rotatable bonds is 4. The van der Waals surface area contributed by atoms with Crippen molar-refractivity contribution in [1.29, 1.82) is 0 Å². The van der Waals surface area contributed by atoms with Crippen LogP contribution in [0.3, 0.4) is 0 Å². The Bertz CT molecular complexity index is 1000. The number of fused-ring (bicyclic) bond motifs is 3. The van der Waals surface area contributed by atoms with Crippen molar-refractivity contribution >= 4 is 38.7 Å². The predicted molar refractivity (Wildman–Crippen MR) is 96.5 cm³/mol. The van der Waals surface area contributed by atoms with E-state index in [2.05, 4.69) is 30.5 Å². The molecule has 2 N–H and O–H groups in total. The molecule has 6 nitrogen and oxygen atoms in total. The highest BCUT2D eigenvalue weighted by Crippen LogP contribution is 2.39. The molecule has 0 atom stereocenters. The van der Waals surface area contributed by atoms with Gasteiger partial charge in [0.05, 0.1) is 16.8 Å². The highest BCUT2D eigenvalue weighted by atomic mass is 32.1. The number of aromatic nitrogens is 5. The van der Waals surface area contributed by atoms with E-state index >= 15 is 0 Å². The molecule has 4 aromatic rings. The zero-order chi connectivity index (χ0) is 15.9. The third kappa shape index (κ3) is 2.30. The first-order valence-electron chi connectivity index (χ1n) is 7.83. The number of thiophene rings is 2. The Morgan fingerprint density at radius 2 is 2.25 bits per heavy atom. The van der Waals surface area contributed by atoms with Gasteiger partial charge in [-0.2, -0.15) is 5.10 Å². The third-order valence-corrected chi connectivity index (χ3v) is 6.26. The highest BCUT2D eigenvalue weighted by Gasteiger charge is 2.21. The molecule has 0 unspecified atom stereocenters. The van der Waals surface area contributed by atoms with E-state index in [0.717, 1.165) is 33.6 Å². The van der Waals surface area contributed by atoms with Gasteiger partial charge in [-0.25, -0.2) is 15.0 Å². The third-order valence-electron chi connectivity index (χ3n) is 4.20. The van der Waals surface area contributed by atoms with Gasteiger partial charge in [0.1, 0.15) is 22.8 Å². The lowest BCUT2D eigenvalue weighted by Gasteiger charge is -2.05. The monoisotopic (exact) mass is 354 g/mol. The average Bonchev–Trinajstić information content (AvgIpc) is 3.34. The number of aryl methyl sites for hydroxylation is 2. The Labute approximate surface area is 146 Å². The molecule has 0 spiro atoms. The van der Waals surface area contributed by atoms with Crippen LogP contribution in [0.15, 0.2) is 23.8 Å². The maximum absolute atomic E-state index is 4.55. The Morgan fingerprint density at radius 1 is 1.25 bits per heavy atom. The molecule has 0 radical (unpaired) electrons. The fourth-order valence-corrected chi connectivity index (χ4v) is 5.01. The summed E-state index contributed by atoms with van der Waals surface area (Å²) in [5, 5.41) is 13.9. The lowest BCUT2D eigenvalue weighted by Crippen LogP contribution is -2.04. The molecule has 120 valence electrons. The lowest BCUT2D eigenvalue weighted by atomic mass is 10.2. The molecule has 4 heterocycles. The normalized spacial score (nSPS) is 13.5. The number of anilines is 1. The van der Waals surface area contributed by atoms with Gasteiger partial charge < -0.3 is 5.32 Å². The molecule has 0 saturated carbocycles. The zero-order valence-corrected chi connectivity index (χ0v) is 14.4. The van der Waals surface area contributed by atoms with Gasteiger partial charge in [-0.3, -0.25) is 5.10 Å². The molecule has 5 rings (SSSR count). The van der Waals surface area contributed by atoms with Gasteiger partial charge in [-0.05, 0) is 36.3 Å². The van der Waals surface area contributed by atoms with Crippen molar-refractivity contribution in [3.05, 3.63) is 40.1 Å². The van der Waals surface area contributed by atoms with Crippen LogP contribution in [0.2, 0.25) is 0 Å². The van der Waals surface area contributed by atoms with E-state index in [9.17, 15) is 0 Å². The summed E-state index contributed by atoms with van der Waals surface area (Å²) in [6.07, 6.45) is 5.16.